The molecular weight excluding hydrogens is 370 g/mol. The highest BCUT2D eigenvalue weighted by atomic mass is 32.1. The lowest BCUT2D eigenvalue weighted by Gasteiger charge is -2.32. The van der Waals surface area contributed by atoms with Crippen LogP contribution >= 0.6 is 11.3 Å². The lowest BCUT2D eigenvalue weighted by atomic mass is 10.1. The molecular formula is C18H27N3O5S. The number of esters is 1. The van der Waals surface area contributed by atoms with E-state index >= 15 is 0 Å². The largest absolute Gasteiger partial charge is 0.458 e. The fraction of sp³-hybridized carbons (Fsp3) is 0.611. The first-order valence-electron chi connectivity index (χ1n) is 8.93. The third kappa shape index (κ3) is 6.21. The van der Waals surface area contributed by atoms with Gasteiger partial charge < -0.3 is 14.5 Å². The predicted molar refractivity (Wildman–Crippen MR) is 100 cm³/mol. The Bertz CT molecular complexity index is 656. The Labute approximate surface area is 163 Å². The van der Waals surface area contributed by atoms with E-state index in [1.54, 1.807) is 37.6 Å². The van der Waals surface area contributed by atoms with Crippen molar-refractivity contribution in [1.82, 2.24) is 15.3 Å². The van der Waals surface area contributed by atoms with Crippen LogP contribution in [0.2, 0.25) is 0 Å². The highest BCUT2D eigenvalue weighted by Gasteiger charge is 2.39. The maximum Gasteiger partial charge on any atom is 0.329 e. The van der Waals surface area contributed by atoms with Crippen molar-refractivity contribution in [2.24, 2.45) is 0 Å². The number of rotatable bonds is 6. The van der Waals surface area contributed by atoms with E-state index in [-0.39, 0.29) is 6.54 Å². The molecule has 27 heavy (non-hydrogen) atoms. The van der Waals surface area contributed by atoms with Crippen LogP contribution in [0.1, 0.15) is 39.2 Å². The molecule has 0 spiro atoms. The van der Waals surface area contributed by atoms with Crippen molar-refractivity contribution in [3.8, 4) is 0 Å². The molecule has 150 valence electrons. The van der Waals surface area contributed by atoms with Crippen LogP contribution < -0.4 is 5.48 Å². The Morgan fingerprint density at radius 1 is 1.41 bits per heavy atom. The quantitative estimate of drug-likeness (QED) is 0.435. The molecule has 0 bridgehead atoms. The summed E-state index contributed by atoms with van der Waals surface area (Å²) in [7, 11) is 0. The molecule has 2 rings (SSSR count). The average Bonchev–Trinajstić information content (AvgIpc) is 3.27. The summed E-state index contributed by atoms with van der Waals surface area (Å²) in [6.07, 6.45) is 1.81. The van der Waals surface area contributed by atoms with Crippen LogP contribution in [0.4, 0.5) is 4.79 Å². The highest BCUT2D eigenvalue weighted by molar-refractivity contribution is 7.07. The van der Waals surface area contributed by atoms with E-state index in [0.29, 0.717) is 32.4 Å². The van der Waals surface area contributed by atoms with E-state index in [4.69, 9.17) is 9.94 Å². The molecule has 9 heteroatoms. The summed E-state index contributed by atoms with van der Waals surface area (Å²) < 4.78 is 5.43. The van der Waals surface area contributed by atoms with Crippen molar-refractivity contribution in [1.29, 1.82) is 0 Å². The molecule has 0 aliphatic carbocycles. The second-order valence-electron chi connectivity index (χ2n) is 7.51. The Hall–Kier alpha value is -2.13. The molecule has 0 saturated carbocycles. The minimum atomic E-state index is -0.679. The second-order valence-corrected chi connectivity index (χ2v) is 8.29. The van der Waals surface area contributed by atoms with Crippen molar-refractivity contribution >= 4 is 29.2 Å². The number of carbonyl (C=O) groups is 3. The second kappa shape index (κ2) is 9.18. The maximum atomic E-state index is 13.0. The zero-order chi connectivity index (χ0) is 20.0. The first kappa shape index (κ1) is 21.2. The zero-order valence-electron chi connectivity index (χ0n) is 15.9. The van der Waals surface area contributed by atoms with Gasteiger partial charge in [0.1, 0.15) is 18.2 Å². The molecule has 1 aromatic rings. The molecule has 1 unspecified atom stereocenters. The number of nitrogens with one attached hydrogen (secondary N) is 1. The molecule has 1 aliphatic heterocycles. The molecule has 2 heterocycles. The topological polar surface area (TPSA) is 99.2 Å². The van der Waals surface area contributed by atoms with E-state index in [9.17, 15) is 14.4 Å². The summed E-state index contributed by atoms with van der Waals surface area (Å²) in [5.41, 5.74) is 1.99. The third-order valence-electron chi connectivity index (χ3n) is 4.16. The molecule has 1 aromatic heterocycles. The van der Waals surface area contributed by atoms with Gasteiger partial charge >= 0.3 is 12.0 Å². The van der Waals surface area contributed by atoms with E-state index in [2.05, 4.69) is 0 Å². The lowest BCUT2D eigenvalue weighted by Crippen LogP contribution is -2.51. The van der Waals surface area contributed by atoms with Gasteiger partial charge in [-0.3, -0.25) is 10.0 Å². The minimum Gasteiger partial charge on any atom is -0.458 e. The molecule has 3 amide bonds. The van der Waals surface area contributed by atoms with Crippen LogP contribution in [-0.2, 0) is 20.7 Å². The molecule has 1 fully saturated rings. The van der Waals surface area contributed by atoms with Gasteiger partial charge in [-0.25, -0.2) is 15.1 Å². The van der Waals surface area contributed by atoms with Crippen LogP contribution in [-0.4, -0.2) is 64.2 Å². The Kier molecular flexibility index (Phi) is 7.20. The van der Waals surface area contributed by atoms with Crippen molar-refractivity contribution in [2.75, 3.05) is 19.6 Å². The number of nitrogens with zero attached hydrogens (tertiary/aromatic N) is 2. The first-order chi connectivity index (χ1) is 12.7. The van der Waals surface area contributed by atoms with Gasteiger partial charge in [0.2, 0.25) is 0 Å². The van der Waals surface area contributed by atoms with Crippen LogP contribution in [0.25, 0.3) is 0 Å². The smallest absolute Gasteiger partial charge is 0.329 e. The summed E-state index contributed by atoms with van der Waals surface area (Å²) >= 11 is 1.56. The first-order valence-corrected chi connectivity index (χ1v) is 9.88. The van der Waals surface area contributed by atoms with Crippen molar-refractivity contribution < 1.29 is 24.3 Å². The van der Waals surface area contributed by atoms with Crippen LogP contribution in [0.5, 0.6) is 0 Å². The lowest BCUT2D eigenvalue weighted by molar-refractivity contribution is -0.159. The van der Waals surface area contributed by atoms with Gasteiger partial charge in [0.05, 0.1) is 0 Å². The number of ether oxygens (including phenoxy) is 1. The monoisotopic (exact) mass is 397 g/mol. The van der Waals surface area contributed by atoms with E-state index in [1.165, 1.54) is 9.80 Å². The van der Waals surface area contributed by atoms with Gasteiger partial charge in [0.15, 0.2) is 0 Å². The number of carbonyl (C=O) groups excluding carboxylic acids is 3. The summed E-state index contributed by atoms with van der Waals surface area (Å²) in [6, 6.07) is 0.901. The summed E-state index contributed by atoms with van der Waals surface area (Å²) in [5, 5.41) is 12.8. The van der Waals surface area contributed by atoms with Crippen molar-refractivity contribution in [3.05, 3.63) is 22.4 Å². The van der Waals surface area contributed by atoms with Gasteiger partial charge in [-0.2, -0.15) is 11.3 Å². The molecule has 0 aromatic carbocycles. The standard InChI is InChI=1S/C18H27N3O5S/c1-18(2,3)26-16(23)14-5-4-8-21(14)17(24)20(11-15(22)19-25)9-6-13-7-10-27-12-13/h7,10,12,14,25H,4-6,8-9,11H2,1-3H3,(H,19,22). The van der Waals surface area contributed by atoms with Crippen LogP contribution in [0.3, 0.4) is 0 Å². The van der Waals surface area contributed by atoms with Crippen molar-refractivity contribution in [3.63, 3.8) is 0 Å². The molecule has 1 aliphatic rings. The third-order valence-corrected chi connectivity index (χ3v) is 4.89. The van der Waals surface area contributed by atoms with Gasteiger partial charge in [0.25, 0.3) is 5.91 Å². The number of urea groups is 1. The van der Waals surface area contributed by atoms with E-state index in [0.717, 1.165) is 5.56 Å². The predicted octanol–water partition coefficient (Wildman–Crippen LogP) is 2.02. The molecule has 0 radical (unpaired) electrons. The van der Waals surface area contributed by atoms with E-state index < -0.39 is 29.6 Å². The number of amides is 3. The van der Waals surface area contributed by atoms with Crippen LogP contribution in [0.15, 0.2) is 16.8 Å². The van der Waals surface area contributed by atoms with Gasteiger partial charge in [0, 0.05) is 13.1 Å². The average molecular weight is 397 g/mol. The Balaban J connectivity index is 2.09. The molecule has 8 nitrogen and oxygen atoms in total. The number of likely N-dealkylation sites (tertiary alicyclic amines) is 1. The highest BCUT2D eigenvalue weighted by Crippen LogP contribution is 2.23. The van der Waals surface area contributed by atoms with Crippen LogP contribution in [0, 0.1) is 0 Å². The number of thiophene rings is 1. The number of hydroxylamine groups is 1. The fourth-order valence-corrected chi connectivity index (χ4v) is 3.65. The minimum absolute atomic E-state index is 0.281. The molecule has 2 N–H and O–H groups in total. The maximum absolute atomic E-state index is 13.0. The van der Waals surface area contributed by atoms with Gasteiger partial charge in [-0.15, -0.1) is 0 Å². The normalized spacial score (nSPS) is 16.9. The van der Waals surface area contributed by atoms with Crippen molar-refractivity contribution in [2.45, 2.75) is 51.7 Å². The van der Waals surface area contributed by atoms with Gasteiger partial charge in [-0.1, -0.05) is 0 Å². The zero-order valence-corrected chi connectivity index (χ0v) is 16.8. The van der Waals surface area contributed by atoms with Gasteiger partial charge in [-0.05, 0) is 62.4 Å². The number of hydrogen-bond donors (Lipinski definition) is 2. The SMILES string of the molecule is CC(C)(C)OC(=O)C1CCCN1C(=O)N(CCc1ccsc1)CC(=O)NO. The fourth-order valence-electron chi connectivity index (χ4n) is 2.94. The number of hydrogen-bond acceptors (Lipinski definition) is 6. The Morgan fingerprint density at radius 3 is 2.74 bits per heavy atom. The molecule has 1 saturated heterocycles. The summed E-state index contributed by atoms with van der Waals surface area (Å²) in [6.45, 7) is 5.80. The Morgan fingerprint density at radius 2 is 2.15 bits per heavy atom. The molecule has 1 atom stereocenters. The summed E-state index contributed by atoms with van der Waals surface area (Å²) in [4.78, 5) is 40.0. The van der Waals surface area contributed by atoms with E-state index in [1.807, 2.05) is 16.8 Å². The summed E-state index contributed by atoms with van der Waals surface area (Å²) in [5.74, 6) is -1.11.